The molecule has 1 aliphatic rings. The van der Waals surface area contributed by atoms with Gasteiger partial charge in [0.05, 0.1) is 21.5 Å². The van der Waals surface area contributed by atoms with E-state index in [0.29, 0.717) is 37.3 Å². The fourth-order valence-corrected chi connectivity index (χ4v) is 3.12. The maximum Gasteiger partial charge on any atom is 0.280 e. The van der Waals surface area contributed by atoms with Crippen LogP contribution in [0.5, 0.6) is 0 Å². The van der Waals surface area contributed by atoms with Crippen molar-refractivity contribution in [2.24, 2.45) is 0 Å². The van der Waals surface area contributed by atoms with Gasteiger partial charge in [-0.2, -0.15) is 0 Å². The SMILES string of the molecule is Nc1ccc(-c2cc([N+](=O)[O-])c3ccccc3n2)cc1.O=[N+]([O-])N1CN([N+](=O)[O-])CN([N+](=O)[O-])C1. The number of para-hydroxylation sites is 1. The number of nitro groups is 4. The molecule has 182 valence electrons. The van der Waals surface area contributed by atoms with Gasteiger partial charge in [0.2, 0.25) is 20.0 Å². The summed E-state index contributed by atoms with van der Waals surface area (Å²) in [7, 11) is 0. The third kappa shape index (κ3) is 5.72. The zero-order chi connectivity index (χ0) is 25.7. The van der Waals surface area contributed by atoms with E-state index in [4.69, 9.17) is 5.73 Å². The molecule has 1 aliphatic heterocycles. The monoisotopic (exact) mass is 487 g/mol. The van der Waals surface area contributed by atoms with Gasteiger partial charge >= 0.3 is 0 Å². The van der Waals surface area contributed by atoms with Crippen LogP contribution in [0.25, 0.3) is 22.2 Å². The molecule has 2 N–H and O–H groups in total. The van der Waals surface area contributed by atoms with Crippen LogP contribution in [0.2, 0.25) is 0 Å². The minimum Gasteiger partial charge on any atom is -0.399 e. The van der Waals surface area contributed by atoms with Crippen LogP contribution >= 0.6 is 0 Å². The Hall–Kier alpha value is -5.35. The largest absolute Gasteiger partial charge is 0.399 e. The van der Waals surface area contributed by atoms with Crippen molar-refractivity contribution in [2.75, 3.05) is 25.7 Å². The second-order valence-electron chi connectivity index (χ2n) is 7.08. The summed E-state index contributed by atoms with van der Waals surface area (Å²) in [4.78, 5) is 46.3. The number of pyridine rings is 1. The third-order valence-corrected chi connectivity index (χ3v) is 4.77. The number of anilines is 1. The number of aromatic nitrogens is 1. The summed E-state index contributed by atoms with van der Waals surface area (Å²) in [6.07, 6.45) is 0. The van der Waals surface area contributed by atoms with Crippen molar-refractivity contribution in [1.82, 2.24) is 20.0 Å². The minimum atomic E-state index is -0.924. The molecule has 17 heteroatoms. The number of nitrogens with two attached hydrogens (primary N) is 1. The van der Waals surface area contributed by atoms with Gasteiger partial charge < -0.3 is 5.73 Å². The Morgan fingerprint density at radius 3 is 1.69 bits per heavy atom. The Bertz CT molecular complexity index is 1230. The lowest BCUT2D eigenvalue weighted by Gasteiger charge is -2.27. The van der Waals surface area contributed by atoms with Crippen molar-refractivity contribution in [2.45, 2.75) is 0 Å². The number of rotatable bonds is 5. The lowest BCUT2D eigenvalue weighted by Crippen LogP contribution is -2.59. The molecule has 17 nitrogen and oxygen atoms in total. The van der Waals surface area contributed by atoms with E-state index in [-0.39, 0.29) is 10.6 Å². The quantitative estimate of drug-likeness (QED) is 0.308. The topological polar surface area (TPSA) is 221 Å². The first-order valence-corrected chi connectivity index (χ1v) is 9.64. The number of nitrogens with zero attached hydrogens (tertiary/aromatic N) is 8. The number of hydrazine groups is 3. The van der Waals surface area contributed by atoms with Gasteiger partial charge in [0.25, 0.3) is 5.69 Å². The molecule has 0 bridgehead atoms. The van der Waals surface area contributed by atoms with Gasteiger partial charge in [-0.3, -0.25) is 10.1 Å². The summed E-state index contributed by atoms with van der Waals surface area (Å²) >= 11 is 0. The van der Waals surface area contributed by atoms with E-state index in [9.17, 15) is 40.5 Å². The second-order valence-corrected chi connectivity index (χ2v) is 7.08. The van der Waals surface area contributed by atoms with Gasteiger partial charge in [-0.05, 0) is 24.3 Å². The zero-order valence-electron chi connectivity index (χ0n) is 17.7. The molecule has 0 atom stereocenters. The molecule has 1 saturated heterocycles. The Kier molecular flexibility index (Phi) is 6.99. The molecule has 0 aliphatic carbocycles. The van der Waals surface area contributed by atoms with Crippen molar-refractivity contribution in [3.8, 4) is 11.3 Å². The molecule has 35 heavy (non-hydrogen) atoms. The summed E-state index contributed by atoms with van der Waals surface area (Å²) in [6, 6.07) is 15.6. The van der Waals surface area contributed by atoms with Crippen LogP contribution in [-0.4, -0.2) is 60.0 Å². The molecule has 1 fully saturated rings. The van der Waals surface area contributed by atoms with E-state index in [0.717, 1.165) is 5.56 Å². The summed E-state index contributed by atoms with van der Waals surface area (Å²) in [6.45, 7) is -1.78. The zero-order valence-corrected chi connectivity index (χ0v) is 17.7. The van der Waals surface area contributed by atoms with Crippen molar-refractivity contribution >= 4 is 22.3 Å². The Morgan fingerprint density at radius 2 is 1.23 bits per heavy atom. The fourth-order valence-electron chi connectivity index (χ4n) is 3.12. The number of benzene rings is 2. The van der Waals surface area contributed by atoms with Crippen LogP contribution < -0.4 is 5.73 Å². The maximum absolute atomic E-state index is 11.2. The van der Waals surface area contributed by atoms with Gasteiger partial charge in [0.15, 0.2) is 15.1 Å². The molecule has 0 amide bonds. The van der Waals surface area contributed by atoms with Crippen LogP contribution in [0, 0.1) is 40.5 Å². The first-order valence-electron chi connectivity index (χ1n) is 9.64. The normalized spacial score (nSPS) is 13.1. The predicted molar refractivity (Wildman–Crippen MR) is 119 cm³/mol. The first kappa shape index (κ1) is 24.3. The van der Waals surface area contributed by atoms with E-state index in [2.05, 4.69) is 4.98 Å². The van der Waals surface area contributed by atoms with E-state index in [1.54, 1.807) is 42.5 Å². The van der Waals surface area contributed by atoms with E-state index >= 15 is 0 Å². The molecule has 4 rings (SSSR count). The van der Waals surface area contributed by atoms with Crippen LogP contribution in [0.1, 0.15) is 0 Å². The van der Waals surface area contributed by atoms with E-state index < -0.39 is 35.1 Å². The van der Waals surface area contributed by atoms with Gasteiger partial charge in [-0.15, -0.1) is 0 Å². The molecule has 2 aromatic carbocycles. The average Bonchev–Trinajstić information content (AvgIpc) is 2.83. The molecular weight excluding hydrogens is 470 g/mol. The number of hydrogen-bond donors (Lipinski definition) is 1. The summed E-state index contributed by atoms with van der Waals surface area (Å²) < 4.78 is 0. The highest BCUT2D eigenvalue weighted by molar-refractivity contribution is 5.90. The Balaban J connectivity index is 0.000000205. The molecule has 3 aromatic rings. The smallest absolute Gasteiger partial charge is 0.280 e. The van der Waals surface area contributed by atoms with Gasteiger partial charge in [-0.1, -0.05) is 39.3 Å². The molecule has 0 unspecified atom stereocenters. The van der Waals surface area contributed by atoms with Crippen molar-refractivity contribution < 1.29 is 20.0 Å². The highest BCUT2D eigenvalue weighted by Crippen LogP contribution is 2.29. The second kappa shape index (κ2) is 10.1. The van der Waals surface area contributed by atoms with Crippen LogP contribution in [0.4, 0.5) is 11.4 Å². The highest BCUT2D eigenvalue weighted by atomic mass is 16.7. The van der Waals surface area contributed by atoms with Crippen molar-refractivity contribution in [3.05, 3.63) is 95.1 Å². The standard InChI is InChI=1S/C15H11N3O2.C3H6N6O6/c16-11-7-5-10(6-8-11)14-9-15(18(19)20)12-3-1-2-4-13(12)17-14;10-7(11)4-1-5(8(12)13)3-6(2-4)9(14)15/h1-9H,16H2;1-3H2. The summed E-state index contributed by atoms with van der Waals surface area (Å²) in [5, 5.41) is 41.1. The highest BCUT2D eigenvalue weighted by Gasteiger charge is 2.39. The summed E-state index contributed by atoms with van der Waals surface area (Å²) in [5.74, 6) is 0. The summed E-state index contributed by atoms with van der Waals surface area (Å²) in [5.41, 5.74) is 8.31. The maximum atomic E-state index is 11.2. The lowest BCUT2D eigenvalue weighted by atomic mass is 10.1. The number of hydrogen-bond acceptors (Lipinski definition) is 10. The van der Waals surface area contributed by atoms with E-state index in [1.165, 1.54) is 6.07 Å². The fraction of sp³-hybridized carbons (Fsp3) is 0.167. The van der Waals surface area contributed by atoms with Crippen molar-refractivity contribution in [1.29, 1.82) is 0 Å². The average molecular weight is 487 g/mol. The van der Waals surface area contributed by atoms with Crippen LogP contribution in [-0.2, 0) is 0 Å². The van der Waals surface area contributed by atoms with E-state index in [1.807, 2.05) is 6.07 Å². The van der Waals surface area contributed by atoms with Gasteiger partial charge in [0, 0.05) is 17.3 Å². The first-order chi connectivity index (χ1) is 16.6. The van der Waals surface area contributed by atoms with Crippen molar-refractivity contribution in [3.63, 3.8) is 0 Å². The molecule has 1 aromatic heterocycles. The number of fused-ring (bicyclic) bond motifs is 1. The molecule has 0 saturated carbocycles. The van der Waals surface area contributed by atoms with Gasteiger partial charge in [0.1, 0.15) is 0 Å². The Morgan fingerprint density at radius 1 is 0.743 bits per heavy atom. The molecule has 2 heterocycles. The molecule has 0 spiro atoms. The third-order valence-electron chi connectivity index (χ3n) is 4.77. The lowest BCUT2D eigenvalue weighted by molar-refractivity contribution is -0.775. The van der Waals surface area contributed by atoms with Crippen LogP contribution in [0.15, 0.2) is 54.6 Å². The van der Waals surface area contributed by atoms with Gasteiger partial charge in [-0.25, -0.2) is 35.3 Å². The Labute approximate surface area is 195 Å². The number of nitrogen functional groups attached to an aromatic ring is 1. The molecular formula is C18H17N9O8. The van der Waals surface area contributed by atoms with Crippen LogP contribution in [0.3, 0.4) is 0 Å². The predicted octanol–water partition coefficient (Wildman–Crippen LogP) is 1.75. The molecule has 0 radical (unpaired) electrons. The minimum absolute atomic E-state index is 0.0578.